The first-order valence-electron chi connectivity index (χ1n) is 4.31. The zero-order chi connectivity index (χ0) is 11.2. The predicted molar refractivity (Wildman–Crippen MR) is 53.9 cm³/mol. The molecule has 0 aromatic heterocycles. The molecule has 1 amide bonds. The summed E-state index contributed by atoms with van der Waals surface area (Å²) in [6, 6.07) is 0. The molecule has 0 saturated carbocycles. The van der Waals surface area contributed by atoms with E-state index in [2.05, 4.69) is 11.9 Å². The summed E-state index contributed by atoms with van der Waals surface area (Å²) < 4.78 is 16.1. The van der Waals surface area contributed by atoms with Gasteiger partial charge in [0.05, 0.1) is 6.10 Å². The van der Waals surface area contributed by atoms with Crippen LogP contribution in [0.5, 0.6) is 0 Å². The van der Waals surface area contributed by atoms with Crippen molar-refractivity contribution in [2.24, 2.45) is 0 Å². The van der Waals surface area contributed by atoms with Gasteiger partial charge in [0, 0.05) is 0 Å². The molecule has 5 nitrogen and oxygen atoms in total. The number of rotatable bonds is 6. The average molecular weight is 221 g/mol. The molecule has 6 heteroatoms. The van der Waals surface area contributed by atoms with Gasteiger partial charge < -0.3 is 14.7 Å². The van der Waals surface area contributed by atoms with Crippen LogP contribution in [0.1, 0.15) is 20.3 Å². The highest BCUT2D eigenvalue weighted by molar-refractivity contribution is 7.52. The molecule has 0 aliphatic heterocycles. The minimum atomic E-state index is -3.71. The quantitative estimate of drug-likeness (QED) is 0.522. The fraction of sp³-hybridized carbons (Fsp3) is 0.625. The molecular formula is C8H16NO4P. The highest BCUT2D eigenvalue weighted by Crippen LogP contribution is 2.42. The maximum absolute atomic E-state index is 11.3. The summed E-state index contributed by atoms with van der Waals surface area (Å²) in [7, 11) is -3.71. The lowest BCUT2D eigenvalue weighted by Crippen LogP contribution is -2.23. The Labute approximate surface area is 83.7 Å². The van der Waals surface area contributed by atoms with Crippen LogP contribution in [0.2, 0.25) is 0 Å². The molecule has 82 valence electrons. The van der Waals surface area contributed by atoms with Crippen molar-refractivity contribution in [1.82, 2.24) is 5.32 Å². The van der Waals surface area contributed by atoms with Gasteiger partial charge >= 0.3 is 7.60 Å². The van der Waals surface area contributed by atoms with E-state index in [9.17, 15) is 14.3 Å². The Hall–Kier alpha value is -0.640. The molecule has 0 aliphatic carbocycles. The monoisotopic (exact) mass is 221 g/mol. The number of nitrogens with one attached hydrogen (secondary N) is 1. The first-order chi connectivity index (χ1) is 6.41. The third-order valence-electron chi connectivity index (χ3n) is 1.56. The second kappa shape index (κ2) is 5.96. The highest BCUT2D eigenvalue weighted by atomic mass is 31.2. The molecule has 0 aromatic carbocycles. The summed E-state index contributed by atoms with van der Waals surface area (Å²) in [6.45, 7) is 6.75. The first-order valence-corrected chi connectivity index (χ1v) is 6.08. The number of carbonyl (C=O) groups is 1. The smallest absolute Gasteiger partial charge is 0.341 e. The Morgan fingerprint density at radius 3 is 2.79 bits per heavy atom. The van der Waals surface area contributed by atoms with E-state index >= 15 is 0 Å². The standard InChI is InChI=1S/C8H16NO4P/c1-4-7(3)13-14(11,12)6-9-8(10)5-2/h5,7H,2,4,6H2,1,3H3,(H,9,10)(H,11,12). The van der Waals surface area contributed by atoms with Crippen molar-refractivity contribution in [3.8, 4) is 0 Å². The van der Waals surface area contributed by atoms with Gasteiger partial charge in [-0.1, -0.05) is 13.5 Å². The fourth-order valence-corrected chi connectivity index (χ4v) is 1.78. The fourth-order valence-electron chi connectivity index (χ4n) is 0.643. The lowest BCUT2D eigenvalue weighted by molar-refractivity contribution is -0.116. The number of hydrogen-bond acceptors (Lipinski definition) is 3. The van der Waals surface area contributed by atoms with Gasteiger partial charge in [-0.25, -0.2) is 0 Å². The summed E-state index contributed by atoms with van der Waals surface area (Å²) in [5.74, 6) is -0.493. The Morgan fingerprint density at radius 1 is 1.79 bits per heavy atom. The van der Waals surface area contributed by atoms with Crippen molar-refractivity contribution < 1.29 is 18.8 Å². The molecule has 2 N–H and O–H groups in total. The van der Waals surface area contributed by atoms with E-state index in [1.165, 1.54) is 0 Å². The van der Waals surface area contributed by atoms with Crippen LogP contribution >= 0.6 is 7.60 Å². The van der Waals surface area contributed by atoms with Crippen LogP contribution < -0.4 is 5.32 Å². The zero-order valence-electron chi connectivity index (χ0n) is 8.40. The zero-order valence-corrected chi connectivity index (χ0v) is 9.29. The lowest BCUT2D eigenvalue weighted by Gasteiger charge is -2.16. The number of amides is 1. The van der Waals surface area contributed by atoms with Gasteiger partial charge in [-0.05, 0) is 19.4 Å². The van der Waals surface area contributed by atoms with E-state index in [-0.39, 0.29) is 12.4 Å². The Morgan fingerprint density at radius 2 is 2.36 bits per heavy atom. The Kier molecular flexibility index (Phi) is 5.69. The van der Waals surface area contributed by atoms with Crippen molar-refractivity contribution in [2.75, 3.05) is 6.29 Å². The maximum atomic E-state index is 11.3. The molecule has 0 fully saturated rings. The minimum Gasteiger partial charge on any atom is -0.341 e. The molecule has 0 spiro atoms. The van der Waals surface area contributed by atoms with Crippen LogP contribution in [-0.2, 0) is 13.9 Å². The van der Waals surface area contributed by atoms with Crippen molar-refractivity contribution in [1.29, 1.82) is 0 Å². The molecule has 14 heavy (non-hydrogen) atoms. The van der Waals surface area contributed by atoms with Gasteiger partial charge in [0.25, 0.3) is 0 Å². The Bertz CT molecular complexity index is 254. The molecule has 0 rings (SSSR count). The molecule has 0 radical (unpaired) electrons. The van der Waals surface area contributed by atoms with Crippen LogP contribution in [0, 0.1) is 0 Å². The topological polar surface area (TPSA) is 75.6 Å². The van der Waals surface area contributed by atoms with Crippen LogP contribution in [0.4, 0.5) is 0 Å². The van der Waals surface area contributed by atoms with Gasteiger partial charge in [0.1, 0.15) is 6.29 Å². The van der Waals surface area contributed by atoms with E-state index in [0.717, 1.165) is 6.08 Å². The maximum Gasteiger partial charge on any atom is 0.347 e. The van der Waals surface area contributed by atoms with Crippen LogP contribution in [0.3, 0.4) is 0 Å². The molecule has 0 aromatic rings. The van der Waals surface area contributed by atoms with E-state index in [0.29, 0.717) is 6.42 Å². The van der Waals surface area contributed by atoms with E-state index < -0.39 is 13.5 Å². The molecular weight excluding hydrogens is 205 g/mol. The van der Waals surface area contributed by atoms with Gasteiger partial charge in [-0.3, -0.25) is 9.36 Å². The first kappa shape index (κ1) is 13.4. The molecule has 2 unspecified atom stereocenters. The van der Waals surface area contributed by atoms with Gasteiger partial charge in [0.2, 0.25) is 5.91 Å². The summed E-state index contributed by atoms with van der Waals surface area (Å²) in [5, 5.41) is 2.21. The van der Waals surface area contributed by atoms with Crippen molar-refractivity contribution in [2.45, 2.75) is 26.4 Å². The number of carbonyl (C=O) groups excluding carboxylic acids is 1. The number of hydrogen-bond donors (Lipinski definition) is 2. The van der Waals surface area contributed by atoms with Crippen LogP contribution in [0.15, 0.2) is 12.7 Å². The second-order valence-electron chi connectivity index (χ2n) is 2.86. The minimum absolute atomic E-state index is 0.300. The van der Waals surface area contributed by atoms with Crippen molar-refractivity contribution in [3.63, 3.8) is 0 Å². The summed E-state index contributed by atoms with van der Waals surface area (Å²) in [5.41, 5.74) is 0. The third kappa shape index (κ3) is 5.91. The highest BCUT2D eigenvalue weighted by Gasteiger charge is 2.22. The largest absolute Gasteiger partial charge is 0.347 e. The molecule has 0 saturated heterocycles. The van der Waals surface area contributed by atoms with E-state index in [1.54, 1.807) is 6.92 Å². The lowest BCUT2D eigenvalue weighted by atomic mass is 10.3. The molecule has 0 bridgehead atoms. The summed E-state index contributed by atoms with van der Waals surface area (Å²) >= 11 is 0. The normalized spacial score (nSPS) is 16.8. The molecule has 0 aliphatic rings. The van der Waals surface area contributed by atoms with Crippen molar-refractivity contribution in [3.05, 3.63) is 12.7 Å². The predicted octanol–water partition coefficient (Wildman–Crippen LogP) is 1.25. The summed E-state index contributed by atoms with van der Waals surface area (Å²) in [4.78, 5) is 19.9. The molecule has 0 heterocycles. The summed E-state index contributed by atoms with van der Waals surface area (Å²) in [6.07, 6.45) is 0.984. The van der Waals surface area contributed by atoms with Crippen LogP contribution in [0.25, 0.3) is 0 Å². The average Bonchev–Trinajstić information content (AvgIpc) is 2.13. The molecule has 2 atom stereocenters. The Balaban J connectivity index is 4.01. The van der Waals surface area contributed by atoms with Crippen molar-refractivity contribution >= 4 is 13.5 Å². The van der Waals surface area contributed by atoms with E-state index in [1.807, 2.05) is 6.92 Å². The van der Waals surface area contributed by atoms with Crippen LogP contribution in [-0.4, -0.2) is 23.2 Å². The van der Waals surface area contributed by atoms with Gasteiger partial charge in [-0.2, -0.15) is 0 Å². The van der Waals surface area contributed by atoms with E-state index in [4.69, 9.17) is 4.52 Å². The van der Waals surface area contributed by atoms with Gasteiger partial charge in [0.15, 0.2) is 0 Å². The van der Waals surface area contributed by atoms with Gasteiger partial charge in [-0.15, -0.1) is 0 Å². The third-order valence-corrected chi connectivity index (χ3v) is 2.81. The second-order valence-corrected chi connectivity index (χ2v) is 4.67. The SMILES string of the molecule is C=CC(=O)NCP(=O)(O)OC(C)CC.